The Bertz CT molecular complexity index is 749. The fourth-order valence-corrected chi connectivity index (χ4v) is 3.56. The summed E-state index contributed by atoms with van der Waals surface area (Å²) in [5.41, 5.74) is 1.81. The predicted octanol–water partition coefficient (Wildman–Crippen LogP) is 2.36. The van der Waals surface area contributed by atoms with Crippen molar-refractivity contribution >= 4 is 15.7 Å². The number of benzene rings is 1. The third kappa shape index (κ3) is 5.32. The van der Waals surface area contributed by atoms with Crippen LogP contribution in [0.2, 0.25) is 0 Å². The molecule has 0 amide bonds. The molecule has 1 N–H and O–H groups in total. The Morgan fingerprint density at radius 3 is 2.20 bits per heavy atom. The van der Waals surface area contributed by atoms with E-state index in [0.717, 1.165) is 45.0 Å². The van der Waals surface area contributed by atoms with Crippen LogP contribution in [0.3, 0.4) is 0 Å². The van der Waals surface area contributed by atoms with E-state index < -0.39 is 10.0 Å². The molecule has 136 valence electrons. The lowest BCUT2D eigenvalue weighted by Crippen LogP contribution is -2.45. The summed E-state index contributed by atoms with van der Waals surface area (Å²) in [6.07, 6.45) is 1.72. The molecule has 0 atom stereocenters. The van der Waals surface area contributed by atoms with Crippen molar-refractivity contribution < 1.29 is 12.8 Å². The van der Waals surface area contributed by atoms with Gasteiger partial charge in [-0.1, -0.05) is 12.1 Å². The van der Waals surface area contributed by atoms with E-state index in [0.29, 0.717) is 5.69 Å². The number of sulfonamides is 1. The first-order valence-electron chi connectivity index (χ1n) is 8.60. The van der Waals surface area contributed by atoms with E-state index in [4.69, 9.17) is 4.42 Å². The lowest BCUT2D eigenvalue weighted by atomic mass is 10.2. The highest BCUT2D eigenvalue weighted by Crippen LogP contribution is 2.15. The van der Waals surface area contributed by atoms with Crippen LogP contribution in [-0.4, -0.2) is 50.1 Å². The first-order valence-corrected chi connectivity index (χ1v) is 10.3. The molecule has 1 aromatic carbocycles. The second-order valence-electron chi connectivity index (χ2n) is 6.33. The molecule has 25 heavy (non-hydrogen) atoms. The van der Waals surface area contributed by atoms with Gasteiger partial charge >= 0.3 is 0 Å². The molecule has 1 aromatic heterocycles. The zero-order chi connectivity index (χ0) is 17.7. The van der Waals surface area contributed by atoms with E-state index >= 15 is 0 Å². The molecule has 0 saturated carbocycles. The minimum atomic E-state index is -3.21. The number of anilines is 1. The molecule has 1 saturated heterocycles. The van der Waals surface area contributed by atoms with Crippen molar-refractivity contribution in [2.75, 3.05) is 36.7 Å². The molecule has 1 fully saturated rings. The summed E-state index contributed by atoms with van der Waals surface area (Å²) in [4.78, 5) is 4.82. The van der Waals surface area contributed by atoms with E-state index in [2.05, 4.69) is 14.5 Å². The Labute approximate surface area is 149 Å². The molecular formula is C18H25N3O3S. The van der Waals surface area contributed by atoms with Gasteiger partial charge in [0.1, 0.15) is 5.76 Å². The van der Waals surface area contributed by atoms with Gasteiger partial charge in [0.2, 0.25) is 10.0 Å². The predicted molar refractivity (Wildman–Crippen MR) is 98.8 cm³/mol. The van der Waals surface area contributed by atoms with E-state index in [-0.39, 0.29) is 5.75 Å². The Morgan fingerprint density at radius 2 is 1.64 bits per heavy atom. The Balaban J connectivity index is 1.47. The first-order chi connectivity index (χ1) is 12.0. The maximum atomic E-state index is 11.6. The number of nitrogens with zero attached hydrogens (tertiary/aromatic N) is 2. The normalized spacial score (nSPS) is 16.8. The molecule has 7 heteroatoms. The summed E-state index contributed by atoms with van der Waals surface area (Å²) in [5, 5.41) is 0. The van der Waals surface area contributed by atoms with Crippen LogP contribution >= 0.6 is 0 Å². The molecule has 1 aliphatic heterocycles. The topological polar surface area (TPSA) is 65.8 Å². The van der Waals surface area contributed by atoms with E-state index in [9.17, 15) is 8.42 Å². The van der Waals surface area contributed by atoms with Crippen LogP contribution in [0, 0.1) is 0 Å². The summed E-state index contributed by atoms with van der Waals surface area (Å²) in [6.45, 7) is 7.46. The van der Waals surface area contributed by atoms with Crippen LogP contribution in [0.5, 0.6) is 0 Å². The van der Waals surface area contributed by atoms with E-state index in [1.54, 1.807) is 13.2 Å². The second kappa shape index (κ2) is 8.03. The van der Waals surface area contributed by atoms with Gasteiger partial charge in [0, 0.05) is 38.4 Å². The molecule has 1 aliphatic rings. The van der Waals surface area contributed by atoms with Crippen LogP contribution in [0.1, 0.15) is 18.2 Å². The van der Waals surface area contributed by atoms with Crippen molar-refractivity contribution in [2.24, 2.45) is 0 Å². The average molecular weight is 363 g/mol. The highest BCUT2D eigenvalue weighted by atomic mass is 32.2. The Kier molecular flexibility index (Phi) is 5.78. The van der Waals surface area contributed by atoms with Gasteiger partial charge < -0.3 is 4.42 Å². The van der Waals surface area contributed by atoms with Gasteiger partial charge in [0.25, 0.3) is 0 Å². The summed E-state index contributed by atoms with van der Waals surface area (Å²) < 4.78 is 31.1. The molecule has 0 unspecified atom stereocenters. The van der Waals surface area contributed by atoms with E-state index in [1.807, 2.05) is 36.4 Å². The van der Waals surface area contributed by atoms with Crippen molar-refractivity contribution in [3.63, 3.8) is 0 Å². The fourth-order valence-electron chi connectivity index (χ4n) is 2.92. The molecule has 0 bridgehead atoms. The zero-order valence-electron chi connectivity index (χ0n) is 14.5. The second-order valence-corrected chi connectivity index (χ2v) is 8.35. The van der Waals surface area contributed by atoms with Gasteiger partial charge in [-0.15, -0.1) is 0 Å². The van der Waals surface area contributed by atoms with E-state index in [1.165, 1.54) is 5.56 Å². The summed E-state index contributed by atoms with van der Waals surface area (Å²) in [6, 6.07) is 11.6. The fraction of sp³-hybridized carbons (Fsp3) is 0.444. The zero-order valence-corrected chi connectivity index (χ0v) is 15.3. The molecular weight excluding hydrogens is 338 g/mol. The third-order valence-corrected chi connectivity index (χ3v) is 5.74. The average Bonchev–Trinajstić information content (AvgIpc) is 3.11. The quantitative estimate of drug-likeness (QED) is 0.818. The lowest BCUT2D eigenvalue weighted by molar-refractivity contribution is 0.116. The number of hydrogen-bond acceptors (Lipinski definition) is 5. The third-order valence-electron chi connectivity index (χ3n) is 4.44. The summed E-state index contributed by atoms with van der Waals surface area (Å²) in [5.74, 6) is 1.09. The van der Waals surface area contributed by atoms with Crippen molar-refractivity contribution in [1.82, 2.24) is 9.80 Å². The van der Waals surface area contributed by atoms with Crippen LogP contribution in [0.15, 0.2) is 47.1 Å². The van der Waals surface area contributed by atoms with Crippen molar-refractivity contribution in [3.8, 4) is 0 Å². The van der Waals surface area contributed by atoms with Crippen LogP contribution in [0.4, 0.5) is 5.69 Å². The number of piperazine rings is 1. The maximum absolute atomic E-state index is 11.6. The molecule has 2 heterocycles. The summed E-state index contributed by atoms with van der Waals surface area (Å²) in [7, 11) is -3.21. The standard InChI is InChI=1S/C18H25N3O3S/c1-2-25(22,23)19-17-7-5-16(6-8-17)14-20-9-11-21(12-10-20)15-18-4-3-13-24-18/h3-8,13,19H,2,9-12,14-15H2,1H3. The highest BCUT2D eigenvalue weighted by Gasteiger charge is 2.17. The summed E-state index contributed by atoms with van der Waals surface area (Å²) >= 11 is 0. The Hall–Kier alpha value is -1.83. The van der Waals surface area contributed by atoms with Crippen molar-refractivity contribution in [2.45, 2.75) is 20.0 Å². The van der Waals surface area contributed by atoms with Gasteiger partial charge in [-0.25, -0.2) is 8.42 Å². The van der Waals surface area contributed by atoms with Crippen LogP contribution in [0.25, 0.3) is 0 Å². The highest BCUT2D eigenvalue weighted by molar-refractivity contribution is 7.92. The van der Waals surface area contributed by atoms with Crippen molar-refractivity contribution in [1.29, 1.82) is 0 Å². The Morgan fingerprint density at radius 1 is 1.00 bits per heavy atom. The smallest absolute Gasteiger partial charge is 0.232 e. The van der Waals surface area contributed by atoms with Crippen LogP contribution < -0.4 is 4.72 Å². The largest absolute Gasteiger partial charge is 0.468 e. The minimum Gasteiger partial charge on any atom is -0.468 e. The van der Waals surface area contributed by atoms with Crippen LogP contribution in [-0.2, 0) is 23.1 Å². The SMILES string of the molecule is CCS(=O)(=O)Nc1ccc(CN2CCN(Cc3ccco3)CC2)cc1. The van der Waals surface area contributed by atoms with Gasteiger partial charge in [-0.05, 0) is 36.8 Å². The van der Waals surface area contributed by atoms with Gasteiger partial charge in [-0.3, -0.25) is 14.5 Å². The number of furan rings is 1. The van der Waals surface area contributed by atoms with Gasteiger partial charge in [0.15, 0.2) is 0 Å². The first kappa shape index (κ1) is 18.0. The molecule has 0 aliphatic carbocycles. The maximum Gasteiger partial charge on any atom is 0.232 e. The minimum absolute atomic E-state index is 0.0804. The molecule has 3 rings (SSSR count). The number of hydrogen-bond donors (Lipinski definition) is 1. The van der Waals surface area contributed by atoms with Gasteiger partial charge in [0.05, 0.1) is 18.6 Å². The van der Waals surface area contributed by atoms with Crippen molar-refractivity contribution in [3.05, 3.63) is 54.0 Å². The lowest BCUT2D eigenvalue weighted by Gasteiger charge is -2.34. The molecule has 6 nitrogen and oxygen atoms in total. The number of nitrogens with one attached hydrogen (secondary N) is 1. The monoisotopic (exact) mass is 363 g/mol. The molecule has 0 spiro atoms. The molecule has 2 aromatic rings. The number of rotatable bonds is 7. The molecule has 0 radical (unpaired) electrons. The van der Waals surface area contributed by atoms with Gasteiger partial charge in [-0.2, -0.15) is 0 Å².